The summed E-state index contributed by atoms with van der Waals surface area (Å²) in [5.74, 6) is 0.847. The number of methoxy groups -OCH3 is 1. The summed E-state index contributed by atoms with van der Waals surface area (Å²) in [5, 5.41) is 0.719. The average molecular weight is 320 g/mol. The molecule has 0 spiro atoms. The molecule has 0 N–H and O–H groups in total. The van der Waals surface area contributed by atoms with Gasteiger partial charge in [-0.15, -0.1) is 0 Å². The van der Waals surface area contributed by atoms with E-state index in [-0.39, 0.29) is 10.9 Å². The lowest BCUT2D eigenvalue weighted by Crippen LogP contribution is -2.15. The molecule has 1 aromatic rings. The Morgan fingerprint density at radius 2 is 2.24 bits per heavy atom. The minimum absolute atomic E-state index is 0.126. The highest BCUT2D eigenvalue weighted by Crippen LogP contribution is 2.40. The minimum atomic E-state index is 0.126. The maximum absolute atomic E-state index is 6.04. The number of benzene rings is 1. The molecular weight excluding hydrogens is 303 g/mol. The Bertz CT molecular complexity index is 397. The van der Waals surface area contributed by atoms with Crippen molar-refractivity contribution < 1.29 is 9.47 Å². The van der Waals surface area contributed by atoms with Crippen LogP contribution in [0.5, 0.6) is 5.75 Å². The molecule has 0 aliphatic carbocycles. The van der Waals surface area contributed by atoms with E-state index in [1.54, 1.807) is 7.11 Å². The van der Waals surface area contributed by atoms with Crippen molar-refractivity contribution in [2.75, 3.05) is 7.11 Å². The molecule has 1 saturated heterocycles. The Kier molecular flexibility index (Phi) is 4.34. The highest BCUT2D eigenvalue weighted by molar-refractivity contribution is 9.09. The van der Waals surface area contributed by atoms with Gasteiger partial charge in [0.05, 0.1) is 24.1 Å². The third kappa shape index (κ3) is 2.95. The summed E-state index contributed by atoms with van der Waals surface area (Å²) < 4.78 is 11.2. The number of halogens is 2. The van der Waals surface area contributed by atoms with E-state index in [1.165, 1.54) is 0 Å². The van der Waals surface area contributed by atoms with Gasteiger partial charge < -0.3 is 9.47 Å². The van der Waals surface area contributed by atoms with Gasteiger partial charge in [-0.2, -0.15) is 0 Å². The van der Waals surface area contributed by atoms with Gasteiger partial charge in [-0.25, -0.2) is 0 Å². The third-order valence-electron chi connectivity index (χ3n) is 3.08. The second-order valence-corrected chi connectivity index (χ2v) is 5.77. The van der Waals surface area contributed by atoms with Crippen LogP contribution in [-0.2, 0) is 4.74 Å². The van der Waals surface area contributed by atoms with E-state index < -0.39 is 0 Å². The molecule has 1 fully saturated rings. The van der Waals surface area contributed by atoms with Crippen molar-refractivity contribution in [3.05, 3.63) is 28.8 Å². The van der Waals surface area contributed by atoms with Gasteiger partial charge in [-0.3, -0.25) is 0 Å². The number of ether oxygens (including phenoxy) is 2. The molecular formula is C13H16BrClO2. The first kappa shape index (κ1) is 13.2. The van der Waals surface area contributed by atoms with Gasteiger partial charge in [-0.1, -0.05) is 27.5 Å². The second-order valence-electron chi connectivity index (χ2n) is 4.35. The van der Waals surface area contributed by atoms with Crippen LogP contribution in [0.25, 0.3) is 0 Å². The molecule has 3 atom stereocenters. The van der Waals surface area contributed by atoms with Crippen LogP contribution >= 0.6 is 27.5 Å². The molecule has 4 heteroatoms. The molecule has 3 unspecified atom stereocenters. The van der Waals surface area contributed by atoms with Gasteiger partial charge in [-0.05, 0) is 38.0 Å². The first-order valence-electron chi connectivity index (χ1n) is 5.74. The fourth-order valence-corrected chi connectivity index (χ4v) is 3.10. The highest BCUT2D eigenvalue weighted by Gasteiger charge is 2.30. The van der Waals surface area contributed by atoms with Gasteiger partial charge in [0.25, 0.3) is 0 Å². The van der Waals surface area contributed by atoms with Gasteiger partial charge >= 0.3 is 0 Å². The van der Waals surface area contributed by atoms with Gasteiger partial charge in [0.2, 0.25) is 0 Å². The molecule has 2 nitrogen and oxygen atoms in total. The molecule has 17 heavy (non-hydrogen) atoms. The van der Waals surface area contributed by atoms with E-state index in [4.69, 9.17) is 21.1 Å². The molecule has 94 valence electrons. The zero-order valence-electron chi connectivity index (χ0n) is 9.95. The van der Waals surface area contributed by atoms with Gasteiger partial charge in [0.1, 0.15) is 5.75 Å². The first-order valence-corrected chi connectivity index (χ1v) is 7.04. The summed E-state index contributed by atoms with van der Waals surface area (Å²) in [6.45, 7) is 2.11. The summed E-state index contributed by atoms with van der Waals surface area (Å²) in [6, 6.07) is 5.66. The lowest BCUT2D eigenvalue weighted by atomic mass is 10.0. The predicted octanol–water partition coefficient (Wildman–Crippen LogP) is 4.35. The van der Waals surface area contributed by atoms with Crippen LogP contribution in [0.1, 0.15) is 30.2 Å². The van der Waals surface area contributed by atoms with E-state index in [9.17, 15) is 0 Å². The smallest absolute Gasteiger partial charge is 0.123 e. The largest absolute Gasteiger partial charge is 0.496 e. The number of alkyl halides is 1. The fraction of sp³-hybridized carbons (Fsp3) is 0.538. The Morgan fingerprint density at radius 3 is 2.82 bits per heavy atom. The summed E-state index contributed by atoms with van der Waals surface area (Å²) in [6.07, 6.45) is 2.70. The summed E-state index contributed by atoms with van der Waals surface area (Å²) in [7, 11) is 1.67. The van der Waals surface area contributed by atoms with Crippen molar-refractivity contribution in [2.45, 2.75) is 36.8 Å². The topological polar surface area (TPSA) is 18.5 Å². The zero-order valence-corrected chi connectivity index (χ0v) is 12.3. The van der Waals surface area contributed by atoms with Crippen LogP contribution in [0.4, 0.5) is 0 Å². The van der Waals surface area contributed by atoms with Crippen molar-refractivity contribution in [3.63, 3.8) is 0 Å². The maximum atomic E-state index is 6.04. The summed E-state index contributed by atoms with van der Waals surface area (Å²) >= 11 is 9.74. The standard InChI is InChI=1S/C13H16BrClO2/c1-8-3-5-12(17-8)13(14)10-7-9(15)4-6-11(10)16-2/h4,6-8,12-13H,3,5H2,1-2H3. The second kappa shape index (κ2) is 5.59. The zero-order chi connectivity index (χ0) is 12.4. The molecule has 1 heterocycles. The Morgan fingerprint density at radius 1 is 1.47 bits per heavy atom. The molecule has 1 aliphatic heterocycles. The lowest BCUT2D eigenvalue weighted by molar-refractivity contribution is 0.0553. The fourth-order valence-electron chi connectivity index (χ4n) is 2.17. The van der Waals surface area contributed by atoms with Crippen LogP contribution < -0.4 is 4.74 Å². The quantitative estimate of drug-likeness (QED) is 0.771. The van der Waals surface area contributed by atoms with E-state index in [1.807, 2.05) is 18.2 Å². The molecule has 1 aliphatic rings. The van der Waals surface area contributed by atoms with Crippen LogP contribution in [0.15, 0.2) is 18.2 Å². The first-order chi connectivity index (χ1) is 8.11. The van der Waals surface area contributed by atoms with Crippen molar-refractivity contribution >= 4 is 27.5 Å². The monoisotopic (exact) mass is 318 g/mol. The van der Waals surface area contributed by atoms with Crippen LogP contribution in [-0.4, -0.2) is 19.3 Å². The number of rotatable bonds is 3. The Hall–Kier alpha value is -0.250. The number of hydrogen-bond acceptors (Lipinski definition) is 2. The molecule has 0 aromatic heterocycles. The van der Waals surface area contributed by atoms with Crippen molar-refractivity contribution in [2.24, 2.45) is 0 Å². The molecule has 0 bridgehead atoms. The van der Waals surface area contributed by atoms with Crippen LogP contribution in [0, 0.1) is 0 Å². The van der Waals surface area contributed by atoms with Crippen LogP contribution in [0.3, 0.4) is 0 Å². The lowest BCUT2D eigenvalue weighted by Gasteiger charge is -2.20. The van der Waals surface area contributed by atoms with Crippen molar-refractivity contribution in [3.8, 4) is 5.75 Å². The highest BCUT2D eigenvalue weighted by atomic mass is 79.9. The molecule has 0 amide bonds. The predicted molar refractivity (Wildman–Crippen MR) is 73.2 cm³/mol. The van der Waals surface area contributed by atoms with E-state index >= 15 is 0 Å². The third-order valence-corrected chi connectivity index (χ3v) is 4.40. The normalized spacial score (nSPS) is 25.9. The SMILES string of the molecule is COc1ccc(Cl)cc1C(Br)C1CCC(C)O1. The van der Waals surface area contributed by atoms with Crippen LogP contribution in [0.2, 0.25) is 5.02 Å². The number of hydrogen-bond donors (Lipinski definition) is 0. The van der Waals surface area contributed by atoms with Gasteiger partial charge in [0, 0.05) is 10.6 Å². The minimum Gasteiger partial charge on any atom is -0.496 e. The summed E-state index contributed by atoms with van der Waals surface area (Å²) in [5.41, 5.74) is 1.05. The summed E-state index contributed by atoms with van der Waals surface area (Å²) in [4.78, 5) is 0.126. The van der Waals surface area contributed by atoms with Crippen molar-refractivity contribution in [1.82, 2.24) is 0 Å². The molecule has 0 radical (unpaired) electrons. The maximum Gasteiger partial charge on any atom is 0.123 e. The molecule has 0 saturated carbocycles. The van der Waals surface area contributed by atoms with E-state index in [0.717, 1.165) is 29.2 Å². The molecule has 1 aromatic carbocycles. The van der Waals surface area contributed by atoms with Gasteiger partial charge in [0.15, 0.2) is 0 Å². The Balaban J connectivity index is 2.23. The van der Waals surface area contributed by atoms with Crippen molar-refractivity contribution in [1.29, 1.82) is 0 Å². The Labute approximate surface area is 115 Å². The molecule has 2 rings (SSSR count). The van der Waals surface area contributed by atoms with E-state index in [0.29, 0.717) is 6.10 Å². The average Bonchev–Trinajstić information content (AvgIpc) is 2.75. The van der Waals surface area contributed by atoms with E-state index in [2.05, 4.69) is 22.9 Å².